The lowest BCUT2D eigenvalue weighted by atomic mass is 10.1. The number of anilines is 8. The molecule has 0 aliphatic rings. The van der Waals surface area contributed by atoms with Gasteiger partial charge in [0, 0.05) is 60.3 Å². The largest absolute Gasteiger partial charge is 0.494 e. The average Bonchev–Trinajstić information content (AvgIpc) is 1.68. The minimum atomic E-state index is -5.26. The predicted molar refractivity (Wildman–Crippen MR) is 342 cm³/mol. The Morgan fingerprint density at radius 2 is 1.22 bits per heavy atom. The maximum Gasteiger partial charge on any atom is 0.297 e. The second-order valence-corrected chi connectivity index (χ2v) is 23.1. The number of aliphatic hydroxyl groups is 1. The number of amides is 2. The number of thioether (sulfide) groups is 1. The molecule has 31 heteroatoms. The van der Waals surface area contributed by atoms with Crippen LogP contribution < -0.4 is 40.5 Å². The van der Waals surface area contributed by atoms with Crippen molar-refractivity contribution in [1.29, 1.82) is 5.26 Å². The number of Topliss-reactive ketones (excluding diaryl/α,β-unsaturated/α-hetero) is 2. The van der Waals surface area contributed by atoms with E-state index >= 15 is 0 Å². The fourth-order valence-corrected chi connectivity index (χ4v) is 12.1. The van der Waals surface area contributed by atoms with Gasteiger partial charge in [-0.25, -0.2) is 13.6 Å². The SMILES string of the molecule is [C-]#[N+]c1cc(/C=C(\C(C)=O)C(=O)Nc2cccc(F)c2)sc1/N=N/c1cc(OC)c(N(CC)CC)cc1Nc1nc(Nc2cc(N(CC)CC)c(OC)cc2/N=N/c2sc(/C=C(/C(C)=O)C(=O)Nc3cccc(F)c3)c(S(=O)(=O)O)c2C#N)nc(SCCO)n1. The summed E-state index contributed by atoms with van der Waals surface area (Å²) in [5.41, 5.74) is 0.375. The second-order valence-electron chi connectivity index (χ2n) is 18.6. The molecule has 0 radical (unpaired) electrons. The number of aliphatic hydroxyl groups excluding tert-OH is 1. The van der Waals surface area contributed by atoms with Crippen LogP contribution >= 0.6 is 34.4 Å². The molecular formula is C59H57F2N15O10S4. The minimum absolute atomic E-state index is 0.00120. The number of carbonyl (C=O) groups is 4. The quantitative estimate of drug-likeness (QED) is 0.00505. The van der Waals surface area contributed by atoms with Crippen LogP contribution in [0.5, 0.6) is 11.5 Å². The molecule has 0 unspecified atom stereocenters. The van der Waals surface area contributed by atoms with Gasteiger partial charge < -0.3 is 45.6 Å². The van der Waals surface area contributed by atoms with Crippen molar-refractivity contribution in [2.24, 2.45) is 20.5 Å². The molecule has 2 amide bonds. The number of rotatable bonds is 28. The molecule has 6 N–H and O–H groups in total. The first-order valence-corrected chi connectivity index (χ1v) is 31.1. The third-order valence-corrected chi connectivity index (χ3v) is 16.7. The average molecular weight is 1300 g/mol. The summed E-state index contributed by atoms with van der Waals surface area (Å²) in [4.78, 5) is 72.9. The molecule has 90 heavy (non-hydrogen) atoms. The Bertz CT molecular complexity index is 4230. The monoisotopic (exact) mass is 1300 g/mol. The van der Waals surface area contributed by atoms with E-state index in [0.29, 0.717) is 65.3 Å². The summed E-state index contributed by atoms with van der Waals surface area (Å²) in [6, 6.07) is 19.6. The molecule has 7 rings (SSSR count). The molecule has 466 valence electrons. The van der Waals surface area contributed by atoms with Crippen molar-refractivity contribution < 1.29 is 55.5 Å². The molecule has 0 atom stereocenters. The summed E-state index contributed by atoms with van der Waals surface area (Å²) in [5, 5.41) is 49.3. The van der Waals surface area contributed by atoms with Gasteiger partial charge in [-0.05, 0) is 108 Å². The topological polar surface area (TPSA) is 332 Å². The number of hydrogen-bond donors (Lipinski definition) is 6. The highest BCUT2D eigenvalue weighted by atomic mass is 32.2. The van der Waals surface area contributed by atoms with Crippen LogP contribution in [0.3, 0.4) is 0 Å². The smallest absolute Gasteiger partial charge is 0.297 e. The molecule has 0 bridgehead atoms. The Hall–Kier alpha value is -9.89. The van der Waals surface area contributed by atoms with Crippen molar-refractivity contribution in [3.8, 4) is 17.6 Å². The lowest BCUT2D eigenvalue weighted by molar-refractivity contribution is -0.120. The van der Waals surface area contributed by atoms with Crippen LogP contribution in [0.1, 0.15) is 56.9 Å². The summed E-state index contributed by atoms with van der Waals surface area (Å²) in [5.74, 6) is -3.91. The standard InChI is InChI=1S/C59H57F2N15O10S4/c1-10-75(11-2)47-27-42(44(29-49(47)85-8)71-73-55-41(31-62)52(90(82,83)84)51(89-55)26-40(33(6)79)54(81)65-37-19-15-17-35(61)23-37)66-57-68-58(70-59(69-57)87-21-20-77)67-43-28-48(76(12-3)13-4)50(86-9)30-45(43)72-74-56-46(63-7)25-38(88-56)24-39(32(5)78)53(80)64-36-18-14-16-34(60)22-36/h14-19,22-30,77H,10-13,20-21H2,1-6,8-9H3,(H,64,80)(H,65,81)(H,82,83,84)(H2,66,67,68,69,70)/b39-24+,40-26-,73-71+,74-72+. The summed E-state index contributed by atoms with van der Waals surface area (Å²) < 4.78 is 76.1. The molecule has 3 heterocycles. The Balaban J connectivity index is 1.33. The van der Waals surface area contributed by atoms with Crippen molar-refractivity contribution in [3.63, 3.8) is 0 Å². The normalized spacial score (nSPS) is 11.7. The summed E-state index contributed by atoms with van der Waals surface area (Å²) in [7, 11) is -2.35. The molecule has 0 saturated heterocycles. The lowest BCUT2D eigenvalue weighted by Crippen LogP contribution is -2.22. The number of azo groups is 2. The van der Waals surface area contributed by atoms with Crippen LogP contribution in [0, 0.1) is 29.5 Å². The molecule has 0 aliphatic carbocycles. The highest BCUT2D eigenvalue weighted by Crippen LogP contribution is 2.46. The van der Waals surface area contributed by atoms with Crippen LogP contribution in [0.25, 0.3) is 17.0 Å². The minimum Gasteiger partial charge on any atom is -0.494 e. The van der Waals surface area contributed by atoms with Crippen LogP contribution in [-0.2, 0) is 29.3 Å². The van der Waals surface area contributed by atoms with E-state index in [2.05, 4.69) is 56.5 Å². The Morgan fingerprint density at radius 3 is 1.64 bits per heavy atom. The van der Waals surface area contributed by atoms with E-state index in [0.717, 1.165) is 54.3 Å². The first-order valence-electron chi connectivity index (χ1n) is 27.0. The zero-order valence-electron chi connectivity index (χ0n) is 49.4. The lowest BCUT2D eigenvalue weighted by Gasteiger charge is -2.25. The number of carbonyl (C=O) groups excluding carboxylic acids is 4. The van der Waals surface area contributed by atoms with E-state index in [4.69, 9.17) is 21.0 Å². The molecular weight excluding hydrogens is 1250 g/mol. The van der Waals surface area contributed by atoms with Crippen molar-refractivity contribution in [2.45, 2.75) is 51.6 Å². The fourth-order valence-electron chi connectivity index (χ4n) is 8.55. The van der Waals surface area contributed by atoms with E-state index in [1.807, 2.05) is 37.5 Å². The van der Waals surface area contributed by atoms with Gasteiger partial charge in [-0.3, -0.25) is 23.7 Å². The van der Waals surface area contributed by atoms with Crippen molar-refractivity contribution in [2.75, 3.05) is 83.8 Å². The van der Waals surface area contributed by atoms with Gasteiger partial charge in [0.2, 0.25) is 17.6 Å². The fraction of sp³-hybridized carbons (Fsp3) is 0.237. The van der Waals surface area contributed by atoms with Crippen LogP contribution in [0.15, 0.2) is 121 Å². The van der Waals surface area contributed by atoms with Crippen LogP contribution in [-0.4, -0.2) is 109 Å². The molecule has 0 fully saturated rings. The molecule has 0 aliphatic heterocycles. The molecule has 0 saturated carbocycles. The molecule has 4 aromatic carbocycles. The first-order chi connectivity index (χ1) is 43.1. The second kappa shape index (κ2) is 30.8. The number of methoxy groups -OCH3 is 2. The number of halogens is 2. The number of ether oxygens (including phenoxy) is 2. The van der Waals surface area contributed by atoms with E-state index in [1.165, 1.54) is 69.7 Å². The van der Waals surface area contributed by atoms with E-state index in [1.54, 1.807) is 24.3 Å². The van der Waals surface area contributed by atoms with Gasteiger partial charge >= 0.3 is 0 Å². The molecule has 3 aromatic heterocycles. The van der Waals surface area contributed by atoms with Crippen LogP contribution in [0.2, 0.25) is 0 Å². The van der Waals surface area contributed by atoms with Gasteiger partial charge in [-0.15, -0.1) is 38.0 Å². The summed E-state index contributed by atoms with van der Waals surface area (Å²) in [6.45, 7) is 19.8. The van der Waals surface area contributed by atoms with Gasteiger partial charge in [0.1, 0.15) is 56.0 Å². The summed E-state index contributed by atoms with van der Waals surface area (Å²) >= 11 is 2.55. The Morgan fingerprint density at radius 1 is 0.733 bits per heavy atom. The van der Waals surface area contributed by atoms with E-state index in [9.17, 15) is 51.3 Å². The van der Waals surface area contributed by atoms with Gasteiger partial charge in [0.25, 0.3) is 21.9 Å². The molecule has 25 nitrogen and oxygen atoms in total. The van der Waals surface area contributed by atoms with Gasteiger partial charge in [0.15, 0.2) is 21.7 Å². The Kier molecular flexibility index (Phi) is 23.2. The highest BCUT2D eigenvalue weighted by molar-refractivity contribution is 7.99. The first kappa shape index (κ1) is 67.6. The number of thiophene rings is 2. The van der Waals surface area contributed by atoms with E-state index < -0.39 is 66.0 Å². The summed E-state index contributed by atoms with van der Waals surface area (Å²) in [6.07, 6.45) is 2.16. The predicted octanol–water partition coefficient (Wildman–Crippen LogP) is 13.3. The van der Waals surface area contributed by atoms with Crippen molar-refractivity contribution in [1.82, 2.24) is 15.0 Å². The highest BCUT2D eigenvalue weighted by Gasteiger charge is 2.29. The number of ketones is 2. The number of nitrogens with zero attached hydrogens (tertiary/aromatic N) is 11. The maximum absolute atomic E-state index is 14.0. The van der Waals surface area contributed by atoms with Gasteiger partial charge in [0.05, 0.1) is 66.2 Å². The third-order valence-electron chi connectivity index (χ3n) is 12.8. The maximum atomic E-state index is 14.0. The number of nitriles is 1. The van der Waals surface area contributed by atoms with Crippen LogP contribution in [0.4, 0.5) is 81.9 Å². The molecule has 7 aromatic rings. The van der Waals surface area contributed by atoms with E-state index in [-0.39, 0.29) is 84.8 Å². The number of benzene rings is 4. The number of nitrogens with one attached hydrogen (secondary N) is 4. The Labute approximate surface area is 527 Å². The number of aromatic nitrogens is 3. The van der Waals surface area contributed by atoms with Crippen molar-refractivity contribution in [3.05, 3.63) is 128 Å². The zero-order chi connectivity index (χ0) is 65.4. The zero-order valence-corrected chi connectivity index (χ0v) is 52.6. The van der Waals surface area contributed by atoms with Gasteiger partial charge in [-0.1, -0.05) is 23.9 Å². The van der Waals surface area contributed by atoms with Gasteiger partial charge in [-0.2, -0.15) is 33.7 Å². The number of hydrogen-bond acceptors (Lipinski definition) is 24. The van der Waals surface area contributed by atoms with Crippen molar-refractivity contribution >= 4 is 153 Å². The molecule has 0 spiro atoms. The third kappa shape index (κ3) is 16.8.